The molecule has 3 aromatic heterocycles. The number of benzene rings is 1. The molecule has 5 rings (SSSR count). The maximum atomic E-state index is 13.6. The molecule has 39 heavy (non-hydrogen) atoms. The van der Waals surface area contributed by atoms with Crippen LogP contribution in [0.15, 0.2) is 34.2 Å². The molecule has 0 bridgehead atoms. The number of ether oxygens (including phenoxy) is 1. The molecule has 1 aliphatic heterocycles. The Kier molecular flexibility index (Phi) is 7.96. The Morgan fingerprint density at radius 1 is 1.13 bits per heavy atom. The Bertz CT molecular complexity index is 1650. The first-order chi connectivity index (χ1) is 18.8. The lowest BCUT2D eigenvalue weighted by Gasteiger charge is -2.33. The minimum atomic E-state index is -3.81. The Morgan fingerprint density at radius 2 is 1.90 bits per heavy atom. The summed E-state index contributed by atoms with van der Waals surface area (Å²) in [5, 5.41) is 17.5. The topological polar surface area (TPSA) is 138 Å². The number of hydrogen-bond donors (Lipinski definition) is 2. The fourth-order valence-electron chi connectivity index (χ4n) is 4.96. The van der Waals surface area contributed by atoms with E-state index in [0.29, 0.717) is 86.0 Å². The summed E-state index contributed by atoms with van der Waals surface area (Å²) < 4.78 is 37.7. The van der Waals surface area contributed by atoms with Crippen LogP contribution in [-0.4, -0.2) is 92.8 Å². The van der Waals surface area contributed by atoms with Crippen LogP contribution < -0.4 is 10.4 Å². The molecule has 1 saturated heterocycles. The fraction of sp³-hybridized carbons (Fsp3) is 0.480. The minimum absolute atomic E-state index is 0.0355. The molecule has 12 nitrogen and oxygen atoms in total. The van der Waals surface area contributed by atoms with Gasteiger partial charge in [-0.15, -0.1) is 10.2 Å². The fourth-order valence-corrected chi connectivity index (χ4v) is 6.75. The van der Waals surface area contributed by atoms with Crippen molar-refractivity contribution in [2.45, 2.75) is 38.1 Å². The predicted octanol–water partition coefficient (Wildman–Crippen LogP) is 2.19. The van der Waals surface area contributed by atoms with E-state index in [9.17, 15) is 18.3 Å². The molecule has 1 aromatic carbocycles. The Morgan fingerprint density at radius 3 is 2.59 bits per heavy atom. The monoisotopic (exact) mass is 577 g/mol. The molecule has 1 fully saturated rings. The number of aromatic nitrogens is 5. The van der Waals surface area contributed by atoms with Gasteiger partial charge in [0.05, 0.1) is 34.3 Å². The van der Waals surface area contributed by atoms with E-state index in [-0.39, 0.29) is 22.2 Å². The molecule has 0 amide bonds. The van der Waals surface area contributed by atoms with Crippen molar-refractivity contribution >= 4 is 38.3 Å². The lowest BCUT2D eigenvalue weighted by molar-refractivity contribution is 0.151. The zero-order chi connectivity index (χ0) is 27.7. The highest BCUT2D eigenvalue weighted by Gasteiger charge is 2.30. The van der Waals surface area contributed by atoms with E-state index in [4.69, 9.17) is 16.3 Å². The van der Waals surface area contributed by atoms with Crippen LogP contribution in [0.2, 0.25) is 5.02 Å². The van der Waals surface area contributed by atoms with Gasteiger partial charge in [-0.05, 0) is 31.0 Å². The largest absolute Gasteiger partial charge is 0.493 e. The second-order valence-electron chi connectivity index (χ2n) is 9.47. The standard InChI is InChI=1S/C25H32ClN7O5S/c1-3-7-32-23-20(26)21(28-22(23)24-29-27-16-33(24)25(32)35)18-15-17(5-6-19(18)38-14-4-2)39(36,37)31-10-8-30(9-11-31)12-13-34/h5-6,15-16,28,34H,3-4,7-14H2,1-2H3. The number of halogens is 1. The Balaban J connectivity index is 1.65. The first-order valence-electron chi connectivity index (χ1n) is 13.1. The number of β-amino-alcohol motifs (C(OH)–C–C–N with tert-alkyl or cyclic N) is 1. The van der Waals surface area contributed by atoms with Gasteiger partial charge in [0.25, 0.3) is 0 Å². The van der Waals surface area contributed by atoms with E-state index in [1.165, 1.54) is 15.0 Å². The van der Waals surface area contributed by atoms with Gasteiger partial charge in [-0.3, -0.25) is 9.47 Å². The third kappa shape index (κ3) is 4.93. The molecule has 0 unspecified atom stereocenters. The van der Waals surface area contributed by atoms with Gasteiger partial charge in [-0.25, -0.2) is 17.6 Å². The number of nitrogens with one attached hydrogen (secondary N) is 1. The van der Waals surface area contributed by atoms with Gasteiger partial charge >= 0.3 is 5.69 Å². The normalized spacial score (nSPS) is 15.5. The number of aromatic amines is 1. The molecule has 4 aromatic rings. The summed E-state index contributed by atoms with van der Waals surface area (Å²) in [6, 6.07) is 4.76. The average Bonchev–Trinajstić information content (AvgIpc) is 3.55. The van der Waals surface area contributed by atoms with Crippen molar-refractivity contribution in [2.24, 2.45) is 0 Å². The molecule has 1 aliphatic rings. The summed E-state index contributed by atoms with van der Waals surface area (Å²) in [6.45, 7) is 7.09. The molecule has 4 heterocycles. The summed E-state index contributed by atoms with van der Waals surface area (Å²) in [5.74, 6) is 0.471. The lowest BCUT2D eigenvalue weighted by Crippen LogP contribution is -2.49. The quantitative estimate of drug-likeness (QED) is 0.292. The van der Waals surface area contributed by atoms with Gasteiger partial charge in [0.15, 0.2) is 5.65 Å². The van der Waals surface area contributed by atoms with Crippen LogP contribution in [0.5, 0.6) is 5.75 Å². The number of hydrogen-bond acceptors (Lipinski definition) is 8. The highest BCUT2D eigenvalue weighted by atomic mass is 35.5. The zero-order valence-corrected chi connectivity index (χ0v) is 23.5. The molecule has 210 valence electrons. The number of nitrogens with zero attached hydrogens (tertiary/aromatic N) is 6. The second-order valence-corrected chi connectivity index (χ2v) is 11.8. The Hall–Kier alpha value is -2.97. The predicted molar refractivity (Wildman–Crippen MR) is 148 cm³/mol. The molecule has 0 spiro atoms. The lowest BCUT2D eigenvalue weighted by atomic mass is 10.1. The molecule has 0 atom stereocenters. The molecular formula is C25H32ClN7O5S. The van der Waals surface area contributed by atoms with Crippen LogP contribution in [0.4, 0.5) is 0 Å². The molecule has 2 N–H and O–H groups in total. The van der Waals surface area contributed by atoms with Gasteiger partial charge in [-0.2, -0.15) is 4.31 Å². The maximum absolute atomic E-state index is 13.6. The van der Waals surface area contributed by atoms with Crippen molar-refractivity contribution in [3.05, 3.63) is 40.0 Å². The van der Waals surface area contributed by atoms with E-state index in [1.54, 1.807) is 22.8 Å². The van der Waals surface area contributed by atoms with Crippen molar-refractivity contribution in [3.63, 3.8) is 0 Å². The molecule has 14 heteroatoms. The van der Waals surface area contributed by atoms with Gasteiger partial charge in [0.2, 0.25) is 10.0 Å². The van der Waals surface area contributed by atoms with Crippen LogP contribution in [0.1, 0.15) is 26.7 Å². The van der Waals surface area contributed by atoms with Crippen molar-refractivity contribution < 1.29 is 18.3 Å². The van der Waals surface area contributed by atoms with Crippen molar-refractivity contribution in [2.75, 3.05) is 45.9 Å². The number of H-pyrrole nitrogens is 1. The van der Waals surface area contributed by atoms with Crippen molar-refractivity contribution in [1.29, 1.82) is 0 Å². The number of sulfonamides is 1. The van der Waals surface area contributed by atoms with Crippen LogP contribution in [0, 0.1) is 0 Å². The number of aryl methyl sites for hydroxylation is 1. The summed E-state index contributed by atoms with van der Waals surface area (Å²) in [5.41, 5.74) is 1.93. The summed E-state index contributed by atoms with van der Waals surface area (Å²) >= 11 is 6.95. The van der Waals surface area contributed by atoms with Crippen molar-refractivity contribution in [1.82, 2.24) is 33.4 Å². The third-order valence-electron chi connectivity index (χ3n) is 6.91. The zero-order valence-electron chi connectivity index (χ0n) is 21.9. The Labute approximate surface area is 230 Å². The third-order valence-corrected chi connectivity index (χ3v) is 9.17. The van der Waals surface area contributed by atoms with Gasteiger partial charge in [0.1, 0.15) is 17.6 Å². The van der Waals surface area contributed by atoms with Gasteiger partial charge in [0, 0.05) is 44.8 Å². The van der Waals surface area contributed by atoms with E-state index in [0.717, 1.165) is 6.42 Å². The van der Waals surface area contributed by atoms with Crippen LogP contribution in [0.25, 0.3) is 27.9 Å². The summed E-state index contributed by atoms with van der Waals surface area (Å²) in [6.07, 6.45) is 2.82. The first-order valence-corrected chi connectivity index (χ1v) is 14.9. The van der Waals surface area contributed by atoms with Crippen LogP contribution >= 0.6 is 11.6 Å². The highest BCUT2D eigenvalue weighted by Crippen LogP contribution is 2.40. The number of aliphatic hydroxyl groups is 1. The maximum Gasteiger partial charge on any atom is 0.335 e. The van der Waals surface area contributed by atoms with E-state index < -0.39 is 10.0 Å². The smallest absolute Gasteiger partial charge is 0.335 e. The van der Waals surface area contributed by atoms with Crippen LogP contribution in [-0.2, 0) is 16.6 Å². The molecule has 0 aliphatic carbocycles. The summed E-state index contributed by atoms with van der Waals surface area (Å²) in [4.78, 5) is 18.6. The SMILES string of the molecule is CCCOc1ccc(S(=O)(=O)N2CCN(CCO)CC2)cc1-c1[nH]c2c(c1Cl)n(CCC)c(=O)n1cnnc21. The second kappa shape index (κ2) is 11.3. The van der Waals surface area contributed by atoms with E-state index in [2.05, 4.69) is 15.2 Å². The average molecular weight is 578 g/mol. The van der Waals surface area contributed by atoms with E-state index >= 15 is 0 Å². The first kappa shape index (κ1) is 27.6. The number of fused-ring (bicyclic) bond motifs is 3. The number of piperazine rings is 1. The molecular weight excluding hydrogens is 546 g/mol. The number of aliphatic hydroxyl groups excluding tert-OH is 1. The van der Waals surface area contributed by atoms with Crippen molar-refractivity contribution in [3.8, 4) is 17.0 Å². The van der Waals surface area contributed by atoms with E-state index in [1.807, 2.05) is 18.7 Å². The summed E-state index contributed by atoms with van der Waals surface area (Å²) in [7, 11) is -3.81. The van der Waals surface area contributed by atoms with Crippen LogP contribution in [0.3, 0.4) is 0 Å². The molecule has 0 radical (unpaired) electrons. The minimum Gasteiger partial charge on any atom is -0.493 e. The highest BCUT2D eigenvalue weighted by molar-refractivity contribution is 7.89. The number of rotatable bonds is 10. The molecule has 0 saturated carbocycles. The van der Waals surface area contributed by atoms with Gasteiger partial charge in [-0.1, -0.05) is 25.4 Å². The van der Waals surface area contributed by atoms with Gasteiger partial charge < -0.3 is 14.8 Å².